The zero-order valence-corrected chi connectivity index (χ0v) is 10.9. The van der Waals surface area contributed by atoms with E-state index in [1.807, 2.05) is 11.8 Å². The molecule has 0 aromatic carbocycles. The highest BCUT2D eigenvalue weighted by Crippen LogP contribution is 2.19. The summed E-state index contributed by atoms with van der Waals surface area (Å²) in [6.45, 7) is 2.44. The van der Waals surface area contributed by atoms with Gasteiger partial charge in [-0.25, -0.2) is 0 Å². The van der Waals surface area contributed by atoms with Gasteiger partial charge in [-0.2, -0.15) is 11.8 Å². The Bertz CT molecular complexity index is 245. The lowest BCUT2D eigenvalue weighted by Gasteiger charge is -2.21. The third-order valence-electron chi connectivity index (χ3n) is 2.30. The van der Waals surface area contributed by atoms with E-state index in [2.05, 4.69) is 36.0 Å². The summed E-state index contributed by atoms with van der Waals surface area (Å²) in [5, 5.41) is 14.6. The number of hydrogen-bond acceptors (Lipinski definition) is 4. The molecule has 2 N–H and O–H groups in total. The van der Waals surface area contributed by atoms with Gasteiger partial charge in [0.15, 0.2) is 0 Å². The fraction of sp³-hybridized carbons (Fsp3) is 0.636. The van der Waals surface area contributed by atoms with E-state index in [-0.39, 0.29) is 6.61 Å². The number of aliphatic hydroxyl groups is 1. The van der Waals surface area contributed by atoms with Crippen LogP contribution in [0.4, 0.5) is 0 Å². The molecule has 1 heterocycles. The van der Waals surface area contributed by atoms with Gasteiger partial charge < -0.3 is 10.4 Å². The molecule has 1 aromatic rings. The molecule has 0 saturated carbocycles. The molecule has 1 aromatic heterocycles. The average molecular weight is 245 g/mol. The molecule has 2 nitrogen and oxygen atoms in total. The lowest BCUT2D eigenvalue weighted by atomic mass is 10.2. The number of thiophene rings is 1. The Hall–Kier alpha value is -0.0300. The van der Waals surface area contributed by atoms with Gasteiger partial charge in [-0.1, -0.05) is 6.07 Å². The molecule has 2 atom stereocenters. The monoisotopic (exact) mass is 245 g/mol. The largest absolute Gasteiger partial charge is 0.396 e. The molecular formula is C11H19NOS2. The normalized spacial score (nSPS) is 15.1. The van der Waals surface area contributed by atoms with E-state index in [1.54, 1.807) is 11.3 Å². The van der Waals surface area contributed by atoms with Crippen molar-refractivity contribution in [1.82, 2.24) is 5.32 Å². The first-order chi connectivity index (χ1) is 7.27. The van der Waals surface area contributed by atoms with Gasteiger partial charge in [0.25, 0.3) is 0 Å². The number of thioether (sulfide) groups is 1. The van der Waals surface area contributed by atoms with E-state index in [0.29, 0.717) is 12.1 Å². The van der Waals surface area contributed by atoms with Gasteiger partial charge in [0.05, 0.1) is 0 Å². The molecule has 0 amide bonds. The van der Waals surface area contributed by atoms with E-state index in [1.165, 1.54) is 4.88 Å². The van der Waals surface area contributed by atoms with Crippen molar-refractivity contribution in [3.05, 3.63) is 22.4 Å². The Morgan fingerprint density at radius 2 is 2.40 bits per heavy atom. The van der Waals surface area contributed by atoms with E-state index < -0.39 is 0 Å². The predicted octanol–water partition coefficient (Wildman–Crippen LogP) is 2.51. The molecule has 1 rings (SSSR count). The van der Waals surface area contributed by atoms with Crippen molar-refractivity contribution in [3.63, 3.8) is 0 Å². The second-order valence-electron chi connectivity index (χ2n) is 3.57. The highest BCUT2D eigenvalue weighted by molar-refractivity contribution is 7.98. The topological polar surface area (TPSA) is 32.3 Å². The maximum absolute atomic E-state index is 8.96. The first-order valence-electron chi connectivity index (χ1n) is 5.17. The van der Waals surface area contributed by atoms with E-state index >= 15 is 0 Å². The maximum atomic E-state index is 8.96. The van der Waals surface area contributed by atoms with E-state index in [4.69, 9.17) is 5.11 Å². The number of nitrogens with one attached hydrogen (secondary N) is 1. The smallest absolute Gasteiger partial charge is 0.0446 e. The quantitative estimate of drug-likeness (QED) is 0.774. The lowest BCUT2D eigenvalue weighted by molar-refractivity contribution is 0.266. The van der Waals surface area contributed by atoms with Gasteiger partial charge in [0.2, 0.25) is 0 Å². The van der Waals surface area contributed by atoms with Crippen molar-refractivity contribution < 1.29 is 5.11 Å². The van der Waals surface area contributed by atoms with Crippen LogP contribution in [-0.2, 0) is 0 Å². The standard InChI is InChI=1S/C11H19NOS2/c1-9(11-4-3-7-15-11)12-10(5-6-13)8-14-2/h3-4,7,9-10,12-13H,5-6,8H2,1-2H3. The van der Waals surface area contributed by atoms with E-state index in [9.17, 15) is 0 Å². The van der Waals surface area contributed by atoms with Crippen LogP contribution < -0.4 is 5.32 Å². The van der Waals surface area contributed by atoms with Crippen LogP contribution in [0, 0.1) is 0 Å². The third kappa shape index (κ3) is 4.55. The molecular weight excluding hydrogens is 226 g/mol. The Kier molecular flexibility index (Phi) is 6.32. The fourth-order valence-electron chi connectivity index (χ4n) is 1.55. The van der Waals surface area contributed by atoms with Gasteiger partial charge in [0.1, 0.15) is 0 Å². The van der Waals surface area contributed by atoms with Crippen molar-refractivity contribution >= 4 is 23.1 Å². The van der Waals surface area contributed by atoms with Crippen LogP contribution >= 0.6 is 23.1 Å². The van der Waals surface area contributed by atoms with Crippen LogP contribution in [0.2, 0.25) is 0 Å². The molecule has 15 heavy (non-hydrogen) atoms. The average Bonchev–Trinajstić information content (AvgIpc) is 2.71. The first-order valence-corrected chi connectivity index (χ1v) is 7.44. The first kappa shape index (κ1) is 13.0. The zero-order chi connectivity index (χ0) is 11.1. The van der Waals surface area contributed by atoms with Crippen molar-refractivity contribution in [3.8, 4) is 0 Å². The summed E-state index contributed by atoms with van der Waals surface area (Å²) < 4.78 is 0. The molecule has 0 spiro atoms. The van der Waals surface area contributed by atoms with Gasteiger partial charge in [0, 0.05) is 29.3 Å². The summed E-state index contributed by atoms with van der Waals surface area (Å²) in [5.41, 5.74) is 0. The van der Waals surface area contributed by atoms with Crippen LogP contribution in [0.1, 0.15) is 24.3 Å². The Morgan fingerprint density at radius 3 is 2.93 bits per heavy atom. The molecule has 0 saturated heterocycles. The second kappa shape index (κ2) is 7.28. The second-order valence-corrected chi connectivity index (χ2v) is 5.46. The SMILES string of the molecule is CSCC(CCO)NC(C)c1cccs1. The minimum absolute atomic E-state index is 0.259. The third-order valence-corrected chi connectivity index (χ3v) is 4.09. The number of aliphatic hydroxyl groups excluding tert-OH is 1. The summed E-state index contributed by atoms with van der Waals surface area (Å²) in [4.78, 5) is 1.36. The Balaban J connectivity index is 2.43. The predicted molar refractivity (Wildman–Crippen MR) is 69.7 cm³/mol. The van der Waals surface area contributed by atoms with Crippen molar-refractivity contribution in [2.45, 2.75) is 25.4 Å². The molecule has 0 aliphatic heterocycles. The zero-order valence-electron chi connectivity index (χ0n) is 9.27. The molecule has 0 aliphatic rings. The molecule has 0 bridgehead atoms. The fourth-order valence-corrected chi connectivity index (χ4v) is 2.95. The minimum atomic E-state index is 0.259. The van der Waals surface area contributed by atoms with Crippen molar-refractivity contribution in [1.29, 1.82) is 0 Å². The number of hydrogen-bond donors (Lipinski definition) is 2. The van der Waals surface area contributed by atoms with Crippen LogP contribution in [0.5, 0.6) is 0 Å². The summed E-state index contributed by atoms with van der Waals surface area (Å²) in [7, 11) is 0. The molecule has 2 unspecified atom stereocenters. The summed E-state index contributed by atoms with van der Waals surface area (Å²) in [6, 6.07) is 5.02. The van der Waals surface area contributed by atoms with Crippen molar-refractivity contribution in [2.75, 3.05) is 18.6 Å². The minimum Gasteiger partial charge on any atom is -0.396 e. The maximum Gasteiger partial charge on any atom is 0.0446 e. The van der Waals surface area contributed by atoms with Crippen molar-refractivity contribution in [2.24, 2.45) is 0 Å². The molecule has 4 heteroatoms. The van der Waals surface area contributed by atoms with Gasteiger partial charge in [-0.05, 0) is 31.0 Å². The Labute approximate surface area is 100 Å². The van der Waals surface area contributed by atoms with Gasteiger partial charge >= 0.3 is 0 Å². The van der Waals surface area contributed by atoms with Crippen LogP contribution in [0.25, 0.3) is 0 Å². The van der Waals surface area contributed by atoms with Crippen LogP contribution in [-0.4, -0.2) is 29.8 Å². The highest BCUT2D eigenvalue weighted by atomic mass is 32.2. The van der Waals surface area contributed by atoms with Gasteiger partial charge in [-0.15, -0.1) is 11.3 Å². The summed E-state index contributed by atoms with van der Waals surface area (Å²) in [6.07, 6.45) is 2.93. The molecule has 86 valence electrons. The summed E-state index contributed by atoms with van der Waals surface area (Å²) >= 11 is 3.60. The molecule has 0 fully saturated rings. The number of rotatable bonds is 7. The summed E-state index contributed by atoms with van der Waals surface area (Å²) in [5.74, 6) is 1.05. The highest BCUT2D eigenvalue weighted by Gasteiger charge is 2.12. The Morgan fingerprint density at radius 1 is 1.60 bits per heavy atom. The molecule has 0 radical (unpaired) electrons. The van der Waals surface area contributed by atoms with Crippen LogP contribution in [0.3, 0.4) is 0 Å². The lowest BCUT2D eigenvalue weighted by Crippen LogP contribution is -2.34. The van der Waals surface area contributed by atoms with E-state index in [0.717, 1.165) is 12.2 Å². The van der Waals surface area contributed by atoms with Crippen LogP contribution in [0.15, 0.2) is 17.5 Å². The molecule has 0 aliphatic carbocycles. The van der Waals surface area contributed by atoms with Gasteiger partial charge in [-0.3, -0.25) is 0 Å².